The van der Waals surface area contributed by atoms with Crippen molar-refractivity contribution < 1.29 is 4.79 Å². The van der Waals surface area contributed by atoms with Gasteiger partial charge in [0.2, 0.25) is 5.95 Å². The van der Waals surface area contributed by atoms with Crippen LogP contribution in [0.4, 0.5) is 17.3 Å². The van der Waals surface area contributed by atoms with Crippen molar-refractivity contribution in [1.29, 1.82) is 0 Å². The zero-order chi connectivity index (χ0) is 20.3. The van der Waals surface area contributed by atoms with E-state index in [2.05, 4.69) is 48.2 Å². The number of anilines is 3. The van der Waals surface area contributed by atoms with Crippen LogP contribution in [0.25, 0.3) is 0 Å². The summed E-state index contributed by atoms with van der Waals surface area (Å²) >= 11 is 0. The Morgan fingerprint density at radius 3 is 2.21 bits per heavy atom. The van der Waals surface area contributed by atoms with Gasteiger partial charge in [0, 0.05) is 23.6 Å². The van der Waals surface area contributed by atoms with E-state index in [0.29, 0.717) is 18.2 Å². The number of rotatable bonds is 5. The second kappa shape index (κ2) is 8.21. The molecule has 0 aliphatic carbocycles. The molecule has 5 heteroatoms. The zero-order valence-corrected chi connectivity index (χ0v) is 17.1. The lowest BCUT2D eigenvalue weighted by molar-refractivity contribution is 0.0983. The SMILES string of the molecule is CCN(C(=O)c1cc(C)nc(Nc2c(C)cc(C)cc2C)n1)c1ccccc1. The van der Waals surface area contributed by atoms with E-state index in [1.165, 1.54) is 5.56 Å². The lowest BCUT2D eigenvalue weighted by Crippen LogP contribution is -2.31. The van der Waals surface area contributed by atoms with Crippen LogP contribution in [0.3, 0.4) is 0 Å². The molecule has 3 rings (SSSR count). The second-order valence-electron chi connectivity index (χ2n) is 7.00. The fraction of sp³-hybridized carbons (Fsp3) is 0.261. The topological polar surface area (TPSA) is 58.1 Å². The summed E-state index contributed by atoms with van der Waals surface area (Å²) in [6.07, 6.45) is 0. The molecule has 0 bridgehead atoms. The number of hydrogen-bond donors (Lipinski definition) is 1. The minimum atomic E-state index is -0.139. The lowest BCUT2D eigenvalue weighted by atomic mass is 10.1. The number of aryl methyl sites for hydroxylation is 4. The minimum Gasteiger partial charge on any atom is -0.324 e. The van der Waals surface area contributed by atoms with Gasteiger partial charge < -0.3 is 10.2 Å². The van der Waals surface area contributed by atoms with Crippen LogP contribution in [0.15, 0.2) is 48.5 Å². The maximum atomic E-state index is 13.1. The van der Waals surface area contributed by atoms with Crippen LogP contribution >= 0.6 is 0 Å². The summed E-state index contributed by atoms with van der Waals surface area (Å²) < 4.78 is 0. The van der Waals surface area contributed by atoms with Crippen LogP contribution in [0.1, 0.15) is 39.8 Å². The molecule has 1 aromatic heterocycles. The third kappa shape index (κ3) is 4.19. The maximum Gasteiger partial charge on any atom is 0.277 e. The molecule has 5 nitrogen and oxygen atoms in total. The molecular formula is C23H26N4O. The highest BCUT2D eigenvalue weighted by atomic mass is 16.2. The van der Waals surface area contributed by atoms with Crippen LogP contribution in [0.5, 0.6) is 0 Å². The number of carbonyl (C=O) groups excluding carboxylic acids is 1. The molecule has 0 aliphatic heterocycles. The molecule has 1 amide bonds. The van der Waals surface area contributed by atoms with Crippen LogP contribution in [-0.4, -0.2) is 22.4 Å². The average molecular weight is 374 g/mol. The molecule has 0 radical (unpaired) electrons. The van der Waals surface area contributed by atoms with Gasteiger partial charge >= 0.3 is 0 Å². The zero-order valence-electron chi connectivity index (χ0n) is 17.1. The molecule has 144 valence electrons. The largest absolute Gasteiger partial charge is 0.324 e. The molecule has 0 fully saturated rings. The van der Waals surface area contributed by atoms with Gasteiger partial charge in [-0.2, -0.15) is 0 Å². The normalized spacial score (nSPS) is 10.6. The van der Waals surface area contributed by atoms with E-state index in [4.69, 9.17) is 0 Å². The van der Waals surface area contributed by atoms with Gasteiger partial charge in [-0.05, 0) is 63.9 Å². The number of benzene rings is 2. The van der Waals surface area contributed by atoms with Crippen molar-refractivity contribution in [2.24, 2.45) is 0 Å². The van der Waals surface area contributed by atoms with Gasteiger partial charge in [-0.3, -0.25) is 4.79 Å². The first-order valence-corrected chi connectivity index (χ1v) is 9.46. The Hall–Kier alpha value is -3.21. The molecule has 0 spiro atoms. The van der Waals surface area contributed by atoms with Gasteiger partial charge in [0.25, 0.3) is 5.91 Å². The van der Waals surface area contributed by atoms with Crippen LogP contribution in [0.2, 0.25) is 0 Å². The van der Waals surface area contributed by atoms with Gasteiger partial charge in [-0.1, -0.05) is 35.9 Å². The average Bonchev–Trinajstić information content (AvgIpc) is 2.65. The van der Waals surface area contributed by atoms with Crippen molar-refractivity contribution in [1.82, 2.24) is 9.97 Å². The Kier molecular flexibility index (Phi) is 5.73. The van der Waals surface area contributed by atoms with E-state index in [-0.39, 0.29) is 5.91 Å². The lowest BCUT2D eigenvalue weighted by Gasteiger charge is -2.21. The third-order valence-electron chi connectivity index (χ3n) is 4.62. The Morgan fingerprint density at radius 2 is 1.61 bits per heavy atom. The van der Waals surface area contributed by atoms with Gasteiger partial charge in [-0.15, -0.1) is 0 Å². The summed E-state index contributed by atoms with van der Waals surface area (Å²) in [5.41, 5.74) is 6.40. The van der Waals surface area contributed by atoms with Crippen molar-refractivity contribution in [3.63, 3.8) is 0 Å². The van der Waals surface area contributed by atoms with E-state index in [0.717, 1.165) is 28.2 Å². The van der Waals surface area contributed by atoms with Crippen molar-refractivity contribution in [3.8, 4) is 0 Å². The number of nitrogens with zero attached hydrogens (tertiary/aromatic N) is 3. The summed E-state index contributed by atoms with van der Waals surface area (Å²) in [5, 5.41) is 3.31. The number of para-hydroxylation sites is 1. The summed E-state index contributed by atoms with van der Waals surface area (Å²) in [7, 11) is 0. The van der Waals surface area contributed by atoms with Crippen molar-refractivity contribution in [2.75, 3.05) is 16.8 Å². The fourth-order valence-electron chi connectivity index (χ4n) is 3.41. The van der Waals surface area contributed by atoms with Gasteiger partial charge in [0.05, 0.1) is 0 Å². The number of carbonyl (C=O) groups is 1. The summed E-state index contributed by atoms with van der Waals surface area (Å²) in [6.45, 7) is 10.6. The second-order valence-corrected chi connectivity index (χ2v) is 7.00. The van der Waals surface area contributed by atoms with E-state index in [1.54, 1.807) is 11.0 Å². The fourth-order valence-corrected chi connectivity index (χ4v) is 3.41. The van der Waals surface area contributed by atoms with Gasteiger partial charge in [-0.25, -0.2) is 9.97 Å². The Bertz CT molecular complexity index is 976. The van der Waals surface area contributed by atoms with Crippen LogP contribution in [0, 0.1) is 27.7 Å². The summed E-state index contributed by atoms with van der Waals surface area (Å²) in [6, 6.07) is 15.6. The molecule has 2 aromatic carbocycles. The summed E-state index contributed by atoms with van der Waals surface area (Å²) in [5.74, 6) is 0.294. The highest BCUT2D eigenvalue weighted by Gasteiger charge is 2.19. The van der Waals surface area contributed by atoms with Crippen LogP contribution < -0.4 is 10.2 Å². The predicted molar refractivity (Wildman–Crippen MR) is 114 cm³/mol. The number of hydrogen-bond acceptors (Lipinski definition) is 4. The van der Waals surface area contributed by atoms with Gasteiger partial charge in [0.15, 0.2) is 0 Å². The van der Waals surface area contributed by atoms with Gasteiger partial charge in [0.1, 0.15) is 5.69 Å². The molecule has 28 heavy (non-hydrogen) atoms. The predicted octanol–water partition coefficient (Wildman–Crippen LogP) is 5.12. The molecule has 0 aliphatic rings. The smallest absolute Gasteiger partial charge is 0.277 e. The van der Waals surface area contributed by atoms with E-state index < -0.39 is 0 Å². The highest BCUT2D eigenvalue weighted by Crippen LogP contribution is 2.25. The monoisotopic (exact) mass is 374 g/mol. The molecular weight excluding hydrogens is 348 g/mol. The maximum absolute atomic E-state index is 13.1. The van der Waals surface area contributed by atoms with E-state index in [1.807, 2.05) is 44.2 Å². The first-order valence-electron chi connectivity index (χ1n) is 9.46. The Morgan fingerprint density at radius 1 is 0.964 bits per heavy atom. The number of aromatic nitrogens is 2. The van der Waals surface area contributed by atoms with Crippen molar-refractivity contribution in [3.05, 3.63) is 76.6 Å². The molecule has 0 unspecified atom stereocenters. The molecule has 0 atom stereocenters. The first-order chi connectivity index (χ1) is 13.4. The van der Waals surface area contributed by atoms with E-state index in [9.17, 15) is 4.79 Å². The number of amides is 1. The Labute approximate surface area is 166 Å². The van der Waals surface area contributed by atoms with Crippen molar-refractivity contribution >= 4 is 23.2 Å². The van der Waals surface area contributed by atoms with Crippen LogP contribution in [-0.2, 0) is 0 Å². The molecule has 1 N–H and O–H groups in total. The van der Waals surface area contributed by atoms with Crippen molar-refractivity contribution in [2.45, 2.75) is 34.6 Å². The third-order valence-corrected chi connectivity index (χ3v) is 4.62. The first kappa shape index (κ1) is 19.5. The Balaban J connectivity index is 1.94. The molecule has 3 aromatic rings. The molecule has 0 saturated carbocycles. The minimum absolute atomic E-state index is 0.139. The summed E-state index contributed by atoms with van der Waals surface area (Å²) in [4.78, 5) is 23.8. The number of nitrogens with one attached hydrogen (secondary N) is 1. The molecule has 0 saturated heterocycles. The highest BCUT2D eigenvalue weighted by molar-refractivity contribution is 6.05. The quantitative estimate of drug-likeness (QED) is 0.673. The standard InChI is InChI=1S/C23H26N4O/c1-6-27(19-10-8-7-9-11-19)22(28)20-14-18(5)24-23(25-20)26-21-16(3)12-15(2)13-17(21)4/h7-14H,6H2,1-5H3,(H,24,25,26). The van der Waals surface area contributed by atoms with E-state index >= 15 is 0 Å². The molecule has 1 heterocycles.